The highest BCUT2D eigenvalue weighted by molar-refractivity contribution is 7.89. The normalized spacial score (nSPS) is 11.8. The van der Waals surface area contributed by atoms with Gasteiger partial charge in [-0.15, -0.1) is 0 Å². The molecule has 392 valence electrons. The number of hydrogen-bond acceptors (Lipinski definition) is 15. The number of sulfonamides is 3. The number of nitrogens with one attached hydrogen (secondary N) is 6. The topological polar surface area (TPSA) is 383 Å². The molecular weight excluding hydrogens is 991 g/mol. The van der Waals surface area contributed by atoms with Gasteiger partial charge in [-0.3, -0.25) is 28.8 Å². The minimum absolute atomic E-state index is 0.0247. The SMILES string of the molecule is CC(COCCC(=O)NCCCNC(=O)c1ccc(S(N)(=O)=O)cc1)(COCCC(=O)NCCCNC(=O)c1ccc(S(N)(=O)=O)cc1)COCCC(=O)NCCCNC(=O)c1ccc(S(N)(=O)=O)cc1. The number of benzene rings is 3. The van der Waals surface area contributed by atoms with Crippen molar-refractivity contribution in [1.29, 1.82) is 0 Å². The number of amides is 6. The van der Waals surface area contributed by atoms with E-state index >= 15 is 0 Å². The fourth-order valence-electron chi connectivity index (χ4n) is 6.09. The van der Waals surface area contributed by atoms with Gasteiger partial charge in [-0.25, -0.2) is 40.7 Å². The number of nitrogens with two attached hydrogens (primary N) is 3. The second-order valence-corrected chi connectivity index (χ2v) is 21.0. The standard InChI is InChI=1S/C44H63N9O15S3/c1-44(29-66-26-17-38(54)48-20-2-23-51-41(57)32-5-11-35(12-6-32)69(45,60)61,30-67-27-18-39(55)49-21-3-24-52-42(58)33-7-13-36(14-8-33)70(46,62)63)31-68-28-19-40(56)50-22-4-25-53-43(59)34-9-15-37(16-10-34)71(47,64)65/h5-16H,2-4,17-31H2,1H3,(H,48,54)(H,49,55)(H,50,56)(H,51,57)(H,52,58)(H,53,59)(H2,45,60,61)(H2,46,62,63)(H2,47,64,65). The van der Waals surface area contributed by atoms with Crippen LogP contribution in [-0.4, -0.2) is 140 Å². The van der Waals surface area contributed by atoms with E-state index in [1.807, 2.05) is 6.92 Å². The average molecular weight is 1050 g/mol. The maximum absolute atomic E-state index is 12.5. The third-order valence-corrected chi connectivity index (χ3v) is 12.8. The Morgan fingerprint density at radius 1 is 0.408 bits per heavy atom. The summed E-state index contributed by atoms with van der Waals surface area (Å²) in [6.45, 7) is 3.76. The van der Waals surface area contributed by atoms with Crippen LogP contribution in [0.2, 0.25) is 0 Å². The quantitative estimate of drug-likeness (QED) is 0.0329. The number of carbonyl (C=O) groups is 6. The molecule has 12 N–H and O–H groups in total. The molecule has 24 nitrogen and oxygen atoms in total. The molecule has 0 aliphatic carbocycles. The van der Waals surface area contributed by atoms with Crippen molar-refractivity contribution in [2.75, 3.05) is 78.9 Å². The van der Waals surface area contributed by atoms with Crippen molar-refractivity contribution in [3.8, 4) is 0 Å². The molecule has 0 aliphatic heterocycles. The summed E-state index contributed by atoms with van der Waals surface area (Å²) in [6.07, 6.45) is 1.33. The predicted octanol–water partition coefficient (Wildman–Crippen LogP) is -1.04. The summed E-state index contributed by atoms with van der Waals surface area (Å²) >= 11 is 0. The van der Waals surface area contributed by atoms with Gasteiger partial charge in [-0.05, 0) is 92.1 Å². The third-order valence-electron chi connectivity index (χ3n) is 9.99. The van der Waals surface area contributed by atoms with E-state index in [2.05, 4.69) is 31.9 Å². The van der Waals surface area contributed by atoms with Crippen LogP contribution in [0.1, 0.15) is 76.5 Å². The molecule has 0 saturated carbocycles. The van der Waals surface area contributed by atoms with Crippen molar-refractivity contribution in [3.05, 3.63) is 89.5 Å². The molecule has 0 atom stereocenters. The number of hydrogen-bond donors (Lipinski definition) is 9. The van der Waals surface area contributed by atoms with Crippen LogP contribution in [0.5, 0.6) is 0 Å². The Balaban J connectivity index is 1.37. The fourth-order valence-corrected chi connectivity index (χ4v) is 7.64. The maximum Gasteiger partial charge on any atom is 0.251 e. The fraction of sp³-hybridized carbons (Fsp3) is 0.455. The Kier molecular flexibility index (Phi) is 24.6. The summed E-state index contributed by atoms with van der Waals surface area (Å²) in [5.41, 5.74) is -0.0376. The van der Waals surface area contributed by atoms with Crippen LogP contribution in [0.25, 0.3) is 0 Å². The molecule has 0 fully saturated rings. The third kappa shape index (κ3) is 23.7. The van der Waals surface area contributed by atoms with Crippen LogP contribution in [-0.2, 0) is 58.7 Å². The van der Waals surface area contributed by atoms with E-state index in [1.54, 1.807) is 0 Å². The van der Waals surface area contributed by atoms with Crippen LogP contribution < -0.4 is 47.3 Å². The lowest BCUT2D eigenvalue weighted by Crippen LogP contribution is -2.36. The summed E-state index contributed by atoms with van der Waals surface area (Å²) in [4.78, 5) is 74.2. The van der Waals surface area contributed by atoms with Gasteiger partial charge in [0.1, 0.15) is 0 Å². The predicted molar refractivity (Wildman–Crippen MR) is 258 cm³/mol. The van der Waals surface area contributed by atoms with Crippen molar-refractivity contribution in [2.45, 2.75) is 60.1 Å². The molecule has 0 saturated heterocycles. The zero-order chi connectivity index (χ0) is 52.5. The van der Waals surface area contributed by atoms with Gasteiger partial charge in [0.25, 0.3) is 17.7 Å². The van der Waals surface area contributed by atoms with Crippen LogP contribution in [0, 0.1) is 5.41 Å². The first-order chi connectivity index (χ1) is 33.5. The average Bonchev–Trinajstić information content (AvgIpc) is 3.32. The molecule has 0 spiro atoms. The molecule has 0 unspecified atom stereocenters. The zero-order valence-corrected chi connectivity index (χ0v) is 41.7. The highest BCUT2D eigenvalue weighted by Gasteiger charge is 2.27. The van der Waals surface area contributed by atoms with E-state index in [4.69, 9.17) is 29.6 Å². The number of primary sulfonamides is 3. The minimum Gasteiger partial charge on any atom is -0.380 e. The van der Waals surface area contributed by atoms with Crippen LogP contribution >= 0.6 is 0 Å². The van der Waals surface area contributed by atoms with Crippen LogP contribution in [0.15, 0.2) is 87.5 Å². The lowest BCUT2D eigenvalue weighted by molar-refractivity contribution is -0.123. The Bertz CT molecular complexity index is 2300. The highest BCUT2D eigenvalue weighted by atomic mass is 32.2. The first kappa shape index (κ1) is 59.4. The van der Waals surface area contributed by atoms with Gasteiger partial charge in [0.2, 0.25) is 47.8 Å². The summed E-state index contributed by atoms with van der Waals surface area (Å²) < 4.78 is 86.1. The second-order valence-electron chi connectivity index (χ2n) is 16.3. The van der Waals surface area contributed by atoms with Gasteiger partial charge < -0.3 is 46.1 Å². The molecule has 71 heavy (non-hydrogen) atoms. The first-order valence-corrected chi connectivity index (χ1v) is 26.9. The highest BCUT2D eigenvalue weighted by Crippen LogP contribution is 2.19. The van der Waals surface area contributed by atoms with E-state index < -0.39 is 53.2 Å². The molecule has 0 aromatic heterocycles. The summed E-state index contributed by atoms with van der Waals surface area (Å²) in [7, 11) is -11.7. The Labute approximate surface area is 413 Å². The van der Waals surface area contributed by atoms with E-state index in [1.165, 1.54) is 72.8 Å². The van der Waals surface area contributed by atoms with Gasteiger partial charge in [0.15, 0.2) is 0 Å². The van der Waals surface area contributed by atoms with Crippen molar-refractivity contribution < 1.29 is 68.2 Å². The van der Waals surface area contributed by atoms with E-state index in [0.29, 0.717) is 19.3 Å². The Morgan fingerprint density at radius 2 is 0.634 bits per heavy atom. The molecule has 27 heteroatoms. The molecule has 6 amide bonds. The largest absolute Gasteiger partial charge is 0.380 e. The monoisotopic (exact) mass is 1050 g/mol. The Hall–Kier alpha value is -5.91. The second kappa shape index (κ2) is 29.4. The maximum atomic E-state index is 12.5. The van der Waals surface area contributed by atoms with E-state index in [-0.39, 0.29) is 147 Å². The van der Waals surface area contributed by atoms with E-state index in [9.17, 15) is 54.0 Å². The number of rotatable bonds is 33. The van der Waals surface area contributed by atoms with Gasteiger partial charge in [-0.2, -0.15) is 0 Å². The Morgan fingerprint density at radius 3 is 0.859 bits per heavy atom. The molecule has 0 heterocycles. The summed E-state index contributed by atoms with van der Waals surface area (Å²) in [5.74, 6) is -2.14. The van der Waals surface area contributed by atoms with Crippen molar-refractivity contribution in [1.82, 2.24) is 31.9 Å². The summed E-state index contributed by atoms with van der Waals surface area (Å²) in [6, 6.07) is 15.4. The van der Waals surface area contributed by atoms with Crippen LogP contribution in [0.3, 0.4) is 0 Å². The van der Waals surface area contributed by atoms with Crippen molar-refractivity contribution >= 4 is 65.5 Å². The lowest BCUT2D eigenvalue weighted by Gasteiger charge is -2.29. The molecule has 3 aromatic rings. The van der Waals surface area contributed by atoms with Crippen molar-refractivity contribution in [2.24, 2.45) is 20.8 Å². The smallest absolute Gasteiger partial charge is 0.251 e. The number of carbonyl (C=O) groups excluding carboxylic acids is 6. The van der Waals surface area contributed by atoms with E-state index in [0.717, 1.165) is 0 Å². The molecular formula is C44H63N9O15S3. The molecule has 3 aromatic carbocycles. The van der Waals surface area contributed by atoms with Crippen molar-refractivity contribution in [3.63, 3.8) is 0 Å². The molecule has 0 radical (unpaired) electrons. The minimum atomic E-state index is -3.89. The van der Waals surface area contributed by atoms with Gasteiger partial charge in [0.05, 0.1) is 54.3 Å². The van der Waals surface area contributed by atoms with Crippen LogP contribution in [0.4, 0.5) is 0 Å². The first-order valence-electron chi connectivity index (χ1n) is 22.2. The van der Waals surface area contributed by atoms with Gasteiger partial charge in [0, 0.05) is 80.6 Å². The van der Waals surface area contributed by atoms with Gasteiger partial charge in [-0.1, -0.05) is 6.92 Å². The molecule has 0 aliphatic rings. The molecule has 0 bridgehead atoms. The summed E-state index contributed by atoms with van der Waals surface area (Å²) in [5, 5.41) is 31.6. The molecule has 3 rings (SSSR count). The zero-order valence-electron chi connectivity index (χ0n) is 39.2. The number of ether oxygens (including phenoxy) is 3. The van der Waals surface area contributed by atoms with Gasteiger partial charge >= 0.3 is 0 Å². The lowest BCUT2D eigenvalue weighted by atomic mass is 9.94.